The van der Waals surface area contributed by atoms with Crippen molar-refractivity contribution in [2.24, 2.45) is 0 Å². The highest BCUT2D eigenvalue weighted by atomic mass is 16.2. The predicted molar refractivity (Wildman–Crippen MR) is 83.1 cm³/mol. The number of hydrogen-bond acceptors (Lipinski definition) is 3. The van der Waals surface area contributed by atoms with E-state index in [1.165, 1.54) is 0 Å². The number of para-hydroxylation sites is 1. The molecule has 114 valence electrons. The van der Waals surface area contributed by atoms with Crippen molar-refractivity contribution < 1.29 is 9.59 Å². The smallest absolute Gasteiger partial charge is 0.244 e. The second-order valence-corrected chi connectivity index (χ2v) is 5.68. The Balaban J connectivity index is 2.11. The molecule has 2 rings (SSSR count). The second kappa shape index (κ2) is 6.72. The molecule has 3 N–H and O–H groups in total. The van der Waals surface area contributed by atoms with Gasteiger partial charge < -0.3 is 16.0 Å². The van der Waals surface area contributed by atoms with Crippen LogP contribution in [0.25, 0.3) is 0 Å². The first-order valence-electron chi connectivity index (χ1n) is 7.40. The lowest BCUT2D eigenvalue weighted by atomic mass is 9.90. The quantitative estimate of drug-likeness (QED) is 0.785. The lowest BCUT2D eigenvalue weighted by molar-refractivity contribution is -0.123. The Hall–Kier alpha value is -1.88. The third-order valence-corrected chi connectivity index (χ3v) is 4.02. The Bertz CT molecular complexity index is 522. The van der Waals surface area contributed by atoms with Crippen molar-refractivity contribution in [3.05, 3.63) is 29.8 Å². The summed E-state index contributed by atoms with van der Waals surface area (Å²) in [4.78, 5) is 24.1. The normalized spacial score (nSPS) is 21.6. The van der Waals surface area contributed by atoms with E-state index in [0.29, 0.717) is 5.69 Å². The molecule has 1 aromatic rings. The number of piperidine rings is 1. The molecule has 1 saturated heterocycles. The second-order valence-electron chi connectivity index (χ2n) is 5.68. The number of rotatable bonds is 4. The number of benzene rings is 1. The Morgan fingerprint density at radius 2 is 2.05 bits per heavy atom. The third-order valence-electron chi connectivity index (χ3n) is 4.02. The highest BCUT2D eigenvalue weighted by molar-refractivity contribution is 5.99. The highest BCUT2D eigenvalue weighted by Gasteiger charge is 2.34. The lowest BCUT2D eigenvalue weighted by Crippen LogP contribution is -2.54. The zero-order valence-electron chi connectivity index (χ0n) is 12.7. The number of carbonyl (C=O) groups is 2. The van der Waals surface area contributed by atoms with E-state index in [2.05, 4.69) is 16.0 Å². The summed E-state index contributed by atoms with van der Waals surface area (Å²) in [7, 11) is 1.61. The van der Waals surface area contributed by atoms with Crippen LogP contribution in [-0.2, 0) is 16.0 Å². The summed E-state index contributed by atoms with van der Waals surface area (Å²) in [6.07, 6.45) is 3.25. The van der Waals surface area contributed by atoms with E-state index in [0.717, 1.165) is 31.4 Å². The number of amides is 2. The first-order valence-corrected chi connectivity index (χ1v) is 7.40. The molecule has 5 heteroatoms. The molecule has 1 heterocycles. The van der Waals surface area contributed by atoms with Crippen molar-refractivity contribution in [3.63, 3.8) is 0 Å². The topological polar surface area (TPSA) is 70.2 Å². The summed E-state index contributed by atoms with van der Waals surface area (Å²) in [5.41, 5.74) is 1.00. The van der Waals surface area contributed by atoms with Gasteiger partial charge in [0.15, 0.2) is 0 Å². The van der Waals surface area contributed by atoms with E-state index in [4.69, 9.17) is 0 Å². The van der Waals surface area contributed by atoms with Crippen LogP contribution in [-0.4, -0.2) is 30.9 Å². The molecular formula is C16H23N3O2. The van der Waals surface area contributed by atoms with Gasteiger partial charge in [-0.25, -0.2) is 0 Å². The fraction of sp³-hybridized carbons (Fsp3) is 0.500. The SMILES string of the molecule is CNC(=O)Cc1ccccc1NC(=O)C1(C)CCCCN1. The van der Waals surface area contributed by atoms with E-state index >= 15 is 0 Å². The number of carbonyl (C=O) groups excluding carboxylic acids is 2. The maximum absolute atomic E-state index is 12.5. The van der Waals surface area contributed by atoms with Gasteiger partial charge in [0.2, 0.25) is 11.8 Å². The van der Waals surface area contributed by atoms with Crippen molar-refractivity contribution in [1.29, 1.82) is 0 Å². The molecule has 0 saturated carbocycles. The molecule has 1 aliphatic rings. The maximum Gasteiger partial charge on any atom is 0.244 e. The summed E-state index contributed by atoms with van der Waals surface area (Å²) in [6.45, 7) is 2.80. The lowest BCUT2D eigenvalue weighted by Gasteiger charge is -2.33. The van der Waals surface area contributed by atoms with Crippen LogP contribution in [0.5, 0.6) is 0 Å². The van der Waals surface area contributed by atoms with Gasteiger partial charge in [-0.05, 0) is 44.4 Å². The summed E-state index contributed by atoms with van der Waals surface area (Å²) in [5, 5.41) is 8.87. The molecule has 0 spiro atoms. The minimum Gasteiger partial charge on any atom is -0.359 e. The summed E-state index contributed by atoms with van der Waals surface area (Å²) >= 11 is 0. The van der Waals surface area contributed by atoms with Crippen LogP contribution in [0.4, 0.5) is 5.69 Å². The zero-order valence-corrected chi connectivity index (χ0v) is 12.7. The average molecular weight is 289 g/mol. The van der Waals surface area contributed by atoms with Crippen molar-refractivity contribution in [2.45, 2.75) is 38.1 Å². The first-order chi connectivity index (χ1) is 10.0. The van der Waals surface area contributed by atoms with Crippen LogP contribution in [0.2, 0.25) is 0 Å². The van der Waals surface area contributed by atoms with Gasteiger partial charge in [-0.1, -0.05) is 18.2 Å². The fourth-order valence-corrected chi connectivity index (χ4v) is 2.57. The molecular weight excluding hydrogens is 266 g/mol. The maximum atomic E-state index is 12.5. The molecule has 2 amide bonds. The molecule has 1 aromatic carbocycles. The van der Waals surface area contributed by atoms with Gasteiger partial charge >= 0.3 is 0 Å². The Morgan fingerprint density at radius 3 is 2.71 bits per heavy atom. The summed E-state index contributed by atoms with van der Waals surface area (Å²) in [6, 6.07) is 7.43. The van der Waals surface area contributed by atoms with Crippen molar-refractivity contribution in [2.75, 3.05) is 18.9 Å². The molecule has 1 fully saturated rings. The van der Waals surface area contributed by atoms with E-state index in [1.54, 1.807) is 7.05 Å². The minimum absolute atomic E-state index is 0.0356. The Morgan fingerprint density at radius 1 is 1.29 bits per heavy atom. The molecule has 0 bridgehead atoms. The highest BCUT2D eigenvalue weighted by Crippen LogP contribution is 2.22. The van der Waals surface area contributed by atoms with Crippen LogP contribution in [0.1, 0.15) is 31.7 Å². The minimum atomic E-state index is -0.529. The van der Waals surface area contributed by atoms with Gasteiger partial charge in [0.1, 0.15) is 0 Å². The number of likely N-dealkylation sites (N-methyl/N-ethyl adjacent to an activating group) is 1. The molecule has 1 atom stereocenters. The molecule has 5 nitrogen and oxygen atoms in total. The Kier molecular flexibility index (Phi) is 4.96. The molecule has 0 aromatic heterocycles. The van der Waals surface area contributed by atoms with Crippen LogP contribution in [0.3, 0.4) is 0 Å². The van der Waals surface area contributed by atoms with Gasteiger partial charge in [0.25, 0.3) is 0 Å². The van der Waals surface area contributed by atoms with Gasteiger partial charge in [0.05, 0.1) is 12.0 Å². The van der Waals surface area contributed by atoms with Crippen LogP contribution >= 0.6 is 0 Å². The van der Waals surface area contributed by atoms with E-state index in [9.17, 15) is 9.59 Å². The van der Waals surface area contributed by atoms with E-state index in [1.807, 2.05) is 31.2 Å². The average Bonchev–Trinajstić information content (AvgIpc) is 2.49. The van der Waals surface area contributed by atoms with Gasteiger partial charge in [0, 0.05) is 12.7 Å². The van der Waals surface area contributed by atoms with Gasteiger partial charge in [-0.15, -0.1) is 0 Å². The van der Waals surface area contributed by atoms with Crippen molar-refractivity contribution in [3.8, 4) is 0 Å². The van der Waals surface area contributed by atoms with E-state index < -0.39 is 5.54 Å². The first kappa shape index (κ1) is 15.5. The molecule has 0 aliphatic carbocycles. The van der Waals surface area contributed by atoms with Crippen molar-refractivity contribution >= 4 is 17.5 Å². The van der Waals surface area contributed by atoms with Crippen LogP contribution in [0, 0.1) is 0 Å². The number of anilines is 1. The fourth-order valence-electron chi connectivity index (χ4n) is 2.57. The number of nitrogens with one attached hydrogen (secondary N) is 3. The molecule has 1 aliphatic heterocycles. The standard InChI is InChI=1S/C16H23N3O2/c1-16(9-5-6-10-18-16)15(21)19-13-8-4-3-7-12(13)11-14(20)17-2/h3-4,7-8,18H,5-6,9-11H2,1-2H3,(H,17,20)(H,19,21). The van der Waals surface area contributed by atoms with Crippen molar-refractivity contribution in [1.82, 2.24) is 10.6 Å². The number of hydrogen-bond donors (Lipinski definition) is 3. The summed E-state index contributed by atoms with van der Waals surface area (Å²) in [5.74, 6) is -0.106. The van der Waals surface area contributed by atoms with E-state index in [-0.39, 0.29) is 18.2 Å². The van der Waals surface area contributed by atoms with Crippen LogP contribution < -0.4 is 16.0 Å². The van der Waals surface area contributed by atoms with Gasteiger partial charge in [-0.3, -0.25) is 9.59 Å². The molecule has 1 unspecified atom stereocenters. The van der Waals surface area contributed by atoms with Gasteiger partial charge in [-0.2, -0.15) is 0 Å². The monoisotopic (exact) mass is 289 g/mol. The van der Waals surface area contributed by atoms with Crippen LogP contribution in [0.15, 0.2) is 24.3 Å². The largest absolute Gasteiger partial charge is 0.359 e. The molecule has 0 radical (unpaired) electrons. The molecule has 21 heavy (non-hydrogen) atoms. The Labute approximate surface area is 125 Å². The zero-order chi connectivity index (χ0) is 15.3. The predicted octanol–water partition coefficient (Wildman–Crippen LogP) is 1.45. The summed E-state index contributed by atoms with van der Waals surface area (Å²) < 4.78 is 0. The third kappa shape index (κ3) is 3.82.